The van der Waals surface area contributed by atoms with Gasteiger partial charge in [0.05, 0.1) is 6.04 Å². The van der Waals surface area contributed by atoms with E-state index in [0.717, 1.165) is 30.2 Å². The van der Waals surface area contributed by atoms with Crippen molar-refractivity contribution in [2.24, 2.45) is 11.1 Å². The highest BCUT2D eigenvalue weighted by molar-refractivity contribution is 7.09. The molecule has 0 amide bonds. The fourth-order valence-corrected chi connectivity index (χ4v) is 2.23. The molecule has 1 aromatic rings. The van der Waals surface area contributed by atoms with Crippen LogP contribution < -0.4 is 11.1 Å². The summed E-state index contributed by atoms with van der Waals surface area (Å²) in [7, 11) is 0. The first-order valence-corrected chi connectivity index (χ1v) is 6.74. The van der Waals surface area contributed by atoms with Crippen LogP contribution in [0.4, 0.5) is 0 Å². The van der Waals surface area contributed by atoms with Gasteiger partial charge >= 0.3 is 0 Å². The van der Waals surface area contributed by atoms with Crippen molar-refractivity contribution in [1.29, 1.82) is 0 Å². The largest absolute Gasteiger partial charge is 0.330 e. The lowest BCUT2D eigenvalue weighted by Gasteiger charge is -2.28. The summed E-state index contributed by atoms with van der Waals surface area (Å²) in [6, 6.07) is 0.316. The molecule has 0 spiro atoms. The van der Waals surface area contributed by atoms with E-state index in [1.807, 2.05) is 6.92 Å². The van der Waals surface area contributed by atoms with E-state index in [4.69, 9.17) is 5.73 Å². The number of aromatic nitrogens is 1. The Hall–Kier alpha value is -0.450. The third kappa shape index (κ3) is 3.54. The smallest absolute Gasteiger partial charge is 0.110 e. The van der Waals surface area contributed by atoms with Gasteiger partial charge in [0.25, 0.3) is 0 Å². The molecule has 2 unspecified atom stereocenters. The Morgan fingerprint density at radius 2 is 2.31 bits per heavy atom. The van der Waals surface area contributed by atoms with Crippen LogP contribution in [0.5, 0.6) is 0 Å². The van der Waals surface area contributed by atoms with E-state index in [1.165, 1.54) is 0 Å². The molecule has 3 N–H and O–H groups in total. The molecule has 1 rings (SSSR count). The predicted molar refractivity (Wildman–Crippen MR) is 70.7 cm³/mol. The summed E-state index contributed by atoms with van der Waals surface area (Å²) < 4.78 is 0. The monoisotopic (exact) mass is 241 g/mol. The summed E-state index contributed by atoms with van der Waals surface area (Å²) in [6.07, 6.45) is 1.10. The van der Waals surface area contributed by atoms with Gasteiger partial charge in [-0.15, -0.1) is 11.3 Å². The topological polar surface area (TPSA) is 50.9 Å². The molecule has 0 bridgehead atoms. The van der Waals surface area contributed by atoms with Crippen LogP contribution in [0.25, 0.3) is 0 Å². The molecule has 16 heavy (non-hydrogen) atoms. The van der Waals surface area contributed by atoms with Crippen LogP contribution >= 0.6 is 11.3 Å². The van der Waals surface area contributed by atoms with Crippen molar-refractivity contribution in [1.82, 2.24) is 10.3 Å². The lowest BCUT2D eigenvalue weighted by Crippen LogP contribution is -2.38. The Labute approximate surface area is 102 Å². The standard InChI is InChI=1S/C12H23N3S/c1-5-12(4,7-13)8-14-10(3)11-15-9(2)6-16-11/h6,10,14H,5,7-8,13H2,1-4H3. The summed E-state index contributed by atoms with van der Waals surface area (Å²) >= 11 is 1.72. The molecule has 1 aromatic heterocycles. The number of rotatable bonds is 6. The van der Waals surface area contributed by atoms with Crippen molar-refractivity contribution < 1.29 is 0 Å². The third-order valence-electron chi connectivity index (χ3n) is 3.19. The fraction of sp³-hybridized carbons (Fsp3) is 0.750. The summed E-state index contributed by atoms with van der Waals surface area (Å²) in [4.78, 5) is 4.49. The number of hydrogen-bond acceptors (Lipinski definition) is 4. The van der Waals surface area contributed by atoms with Gasteiger partial charge in [-0.2, -0.15) is 0 Å². The van der Waals surface area contributed by atoms with Gasteiger partial charge in [0.2, 0.25) is 0 Å². The van der Waals surface area contributed by atoms with Crippen molar-refractivity contribution in [2.45, 2.75) is 40.2 Å². The lowest BCUT2D eigenvalue weighted by atomic mass is 9.87. The van der Waals surface area contributed by atoms with E-state index in [2.05, 4.69) is 36.5 Å². The van der Waals surface area contributed by atoms with E-state index in [0.29, 0.717) is 6.04 Å². The second kappa shape index (κ2) is 5.75. The normalized spacial score (nSPS) is 17.1. The molecule has 92 valence electrons. The van der Waals surface area contributed by atoms with Crippen LogP contribution in [0, 0.1) is 12.3 Å². The number of nitrogens with zero attached hydrogens (tertiary/aromatic N) is 1. The number of nitrogens with one attached hydrogen (secondary N) is 1. The molecule has 0 fully saturated rings. The SMILES string of the molecule is CCC(C)(CN)CNC(C)c1nc(C)cs1. The molecule has 2 atom stereocenters. The molecule has 3 nitrogen and oxygen atoms in total. The molecular formula is C12H23N3S. The minimum Gasteiger partial charge on any atom is -0.330 e. The second-order valence-corrected chi connectivity index (χ2v) is 5.69. The minimum absolute atomic E-state index is 0.195. The molecule has 0 saturated heterocycles. The molecular weight excluding hydrogens is 218 g/mol. The molecule has 0 saturated carbocycles. The highest BCUT2D eigenvalue weighted by Crippen LogP contribution is 2.21. The molecule has 0 radical (unpaired) electrons. The average molecular weight is 241 g/mol. The van der Waals surface area contributed by atoms with E-state index >= 15 is 0 Å². The molecule has 0 aliphatic carbocycles. The van der Waals surface area contributed by atoms with Crippen LogP contribution in [-0.2, 0) is 0 Å². The van der Waals surface area contributed by atoms with Gasteiger partial charge in [-0.05, 0) is 32.2 Å². The van der Waals surface area contributed by atoms with Crippen molar-refractivity contribution in [3.05, 3.63) is 16.1 Å². The van der Waals surface area contributed by atoms with E-state index in [9.17, 15) is 0 Å². The van der Waals surface area contributed by atoms with Gasteiger partial charge in [0, 0.05) is 17.6 Å². The van der Waals surface area contributed by atoms with Gasteiger partial charge < -0.3 is 11.1 Å². The fourth-order valence-electron chi connectivity index (χ4n) is 1.40. The van der Waals surface area contributed by atoms with Crippen molar-refractivity contribution in [2.75, 3.05) is 13.1 Å². The van der Waals surface area contributed by atoms with Crippen LogP contribution in [0.1, 0.15) is 43.9 Å². The predicted octanol–water partition coefficient (Wildman–Crippen LogP) is 2.48. The number of aryl methyl sites for hydroxylation is 1. The lowest BCUT2D eigenvalue weighted by molar-refractivity contribution is 0.291. The highest BCUT2D eigenvalue weighted by atomic mass is 32.1. The van der Waals surface area contributed by atoms with E-state index in [-0.39, 0.29) is 5.41 Å². The third-order valence-corrected chi connectivity index (χ3v) is 4.33. The Bertz CT molecular complexity index is 318. The first kappa shape index (κ1) is 13.6. The maximum Gasteiger partial charge on any atom is 0.110 e. The first-order valence-electron chi connectivity index (χ1n) is 5.86. The molecule has 0 aliphatic heterocycles. The highest BCUT2D eigenvalue weighted by Gasteiger charge is 2.21. The zero-order valence-corrected chi connectivity index (χ0v) is 11.5. The van der Waals surface area contributed by atoms with Crippen LogP contribution in [0.2, 0.25) is 0 Å². The van der Waals surface area contributed by atoms with Gasteiger partial charge in [-0.25, -0.2) is 4.98 Å². The van der Waals surface area contributed by atoms with Crippen LogP contribution in [-0.4, -0.2) is 18.1 Å². The van der Waals surface area contributed by atoms with Crippen molar-refractivity contribution >= 4 is 11.3 Å². The maximum atomic E-state index is 5.79. The molecule has 4 heteroatoms. The van der Waals surface area contributed by atoms with Gasteiger partial charge in [0.15, 0.2) is 0 Å². The first-order chi connectivity index (χ1) is 7.50. The summed E-state index contributed by atoms with van der Waals surface area (Å²) in [5.74, 6) is 0. The van der Waals surface area contributed by atoms with E-state index in [1.54, 1.807) is 11.3 Å². The Morgan fingerprint density at radius 3 is 2.75 bits per heavy atom. The van der Waals surface area contributed by atoms with Crippen molar-refractivity contribution in [3.8, 4) is 0 Å². The quantitative estimate of drug-likeness (QED) is 0.804. The summed E-state index contributed by atoms with van der Waals surface area (Å²) in [5.41, 5.74) is 7.09. The summed E-state index contributed by atoms with van der Waals surface area (Å²) in [6.45, 7) is 10.3. The molecule has 0 aliphatic rings. The number of hydrogen-bond donors (Lipinski definition) is 2. The second-order valence-electron chi connectivity index (χ2n) is 4.80. The van der Waals surface area contributed by atoms with Gasteiger partial charge in [0.1, 0.15) is 5.01 Å². The Kier molecular flexibility index (Phi) is 4.89. The number of nitrogens with two attached hydrogens (primary N) is 1. The molecule has 0 aromatic carbocycles. The molecule has 1 heterocycles. The zero-order valence-electron chi connectivity index (χ0n) is 10.7. The van der Waals surface area contributed by atoms with Gasteiger partial charge in [-0.3, -0.25) is 0 Å². The summed E-state index contributed by atoms with van der Waals surface area (Å²) in [5, 5.41) is 6.78. The van der Waals surface area contributed by atoms with Crippen molar-refractivity contribution in [3.63, 3.8) is 0 Å². The minimum atomic E-state index is 0.195. The Morgan fingerprint density at radius 1 is 1.62 bits per heavy atom. The van der Waals surface area contributed by atoms with E-state index < -0.39 is 0 Å². The number of thiazole rings is 1. The average Bonchev–Trinajstić information content (AvgIpc) is 2.72. The maximum absolute atomic E-state index is 5.79. The van der Waals surface area contributed by atoms with Gasteiger partial charge in [-0.1, -0.05) is 13.8 Å². The van der Waals surface area contributed by atoms with Crippen LogP contribution in [0.3, 0.4) is 0 Å². The zero-order chi connectivity index (χ0) is 12.2. The van der Waals surface area contributed by atoms with Crippen LogP contribution in [0.15, 0.2) is 5.38 Å². The Balaban J connectivity index is 2.49.